The molecule has 1 aliphatic rings. The lowest BCUT2D eigenvalue weighted by Crippen LogP contribution is -2.52. The first-order valence-corrected chi connectivity index (χ1v) is 6.24. The Bertz CT molecular complexity index is 144. The number of nitrogens with two attached hydrogens (primary N) is 1. The highest BCUT2D eigenvalue weighted by molar-refractivity contribution is 4.95. The van der Waals surface area contributed by atoms with Crippen LogP contribution in [0.1, 0.15) is 52.4 Å². The quantitative estimate of drug-likeness (QED) is 0.710. The van der Waals surface area contributed by atoms with Crippen molar-refractivity contribution < 1.29 is 0 Å². The second-order valence-corrected chi connectivity index (χ2v) is 4.62. The molecule has 1 aliphatic carbocycles. The number of nitrogens with zero attached hydrogens (tertiary/aromatic N) is 1. The maximum absolute atomic E-state index is 5.99. The SMILES string of the molecule is CCCN(CCC)C1(CN)CCCC1. The highest BCUT2D eigenvalue weighted by Crippen LogP contribution is 2.34. The van der Waals surface area contributed by atoms with Gasteiger partial charge in [-0.3, -0.25) is 4.90 Å². The lowest BCUT2D eigenvalue weighted by Gasteiger charge is -2.40. The molecule has 1 rings (SSSR count). The summed E-state index contributed by atoms with van der Waals surface area (Å²) in [4.78, 5) is 2.65. The van der Waals surface area contributed by atoms with Gasteiger partial charge in [-0.2, -0.15) is 0 Å². The summed E-state index contributed by atoms with van der Waals surface area (Å²) in [5.74, 6) is 0. The molecule has 1 saturated carbocycles. The highest BCUT2D eigenvalue weighted by Gasteiger charge is 2.37. The van der Waals surface area contributed by atoms with Crippen molar-refractivity contribution in [2.45, 2.75) is 57.9 Å². The molecule has 0 amide bonds. The van der Waals surface area contributed by atoms with Gasteiger partial charge >= 0.3 is 0 Å². The first-order chi connectivity index (χ1) is 6.79. The molecular weight excluding hydrogens is 172 g/mol. The van der Waals surface area contributed by atoms with Crippen LogP contribution in [0.15, 0.2) is 0 Å². The van der Waals surface area contributed by atoms with Gasteiger partial charge in [0.2, 0.25) is 0 Å². The van der Waals surface area contributed by atoms with Crippen LogP contribution >= 0.6 is 0 Å². The number of hydrogen-bond acceptors (Lipinski definition) is 2. The molecule has 84 valence electrons. The van der Waals surface area contributed by atoms with E-state index in [1.54, 1.807) is 0 Å². The summed E-state index contributed by atoms with van der Waals surface area (Å²) < 4.78 is 0. The van der Waals surface area contributed by atoms with Crippen molar-refractivity contribution in [3.63, 3.8) is 0 Å². The molecule has 0 aromatic carbocycles. The fourth-order valence-corrected chi connectivity index (χ4v) is 2.81. The molecule has 0 unspecified atom stereocenters. The Kier molecular flexibility index (Phi) is 4.90. The van der Waals surface area contributed by atoms with Crippen molar-refractivity contribution in [1.82, 2.24) is 4.90 Å². The standard InChI is InChI=1S/C12H26N2/c1-3-9-14(10-4-2)12(11-13)7-5-6-8-12/h3-11,13H2,1-2H3. The molecule has 0 heterocycles. The van der Waals surface area contributed by atoms with Gasteiger partial charge in [0.25, 0.3) is 0 Å². The van der Waals surface area contributed by atoms with Crippen LogP contribution in [0, 0.1) is 0 Å². The molecule has 0 bridgehead atoms. The van der Waals surface area contributed by atoms with Gasteiger partial charge in [0.1, 0.15) is 0 Å². The Balaban J connectivity index is 2.61. The van der Waals surface area contributed by atoms with Crippen molar-refractivity contribution in [3.05, 3.63) is 0 Å². The predicted molar refractivity (Wildman–Crippen MR) is 62.4 cm³/mol. The summed E-state index contributed by atoms with van der Waals surface area (Å²) >= 11 is 0. The third-order valence-corrected chi connectivity index (χ3v) is 3.57. The minimum absolute atomic E-state index is 0.367. The topological polar surface area (TPSA) is 29.3 Å². The monoisotopic (exact) mass is 198 g/mol. The summed E-state index contributed by atoms with van der Waals surface area (Å²) in [7, 11) is 0. The Morgan fingerprint density at radius 2 is 1.57 bits per heavy atom. The van der Waals surface area contributed by atoms with E-state index in [2.05, 4.69) is 18.7 Å². The van der Waals surface area contributed by atoms with Crippen LogP contribution in [0.4, 0.5) is 0 Å². The van der Waals surface area contributed by atoms with E-state index in [0.717, 1.165) is 6.54 Å². The van der Waals surface area contributed by atoms with Crippen molar-refractivity contribution in [2.24, 2.45) is 5.73 Å². The zero-order chi connectivity index (χ0) is 10.4. The summed E-state index contributed by atoms with van der Waals surface area (Å²) in [6.45, 7) is 7.84. The zero-order valence-electron chi connectivity index (χ0n) is 9.89. The molecule has 1 fully saturated rings. The van der Waals surface area contributed by atoms with E-state index in [0.29, 0.717) is 5.54 Å². The number of hydrogen-bond donors (Lipinski definition) is 1. The predicted octanol–water partition coefficient (Wildman–Crippen LogP) is 2.38. The van der Waals surface area contributed by atoms with Crippen LogP contribution in [0.25, 0.3) is 0 Å². The highest BCUT2D eigenvalue weighted by atomic mass is 15.2. The third kappa shape index (κ3) is 2.48. The molecule has 0 aliphatic heterocycles. The maximum Gasteiger partial charge on any atom is 0.0331 e. The molecule has 0 spiro atoms. The Hall–Kier alpha value is -0.0800. The van der Waals surface area contributed by atoms with Crippen molar-refractivity contribution in [3.8, 4) is 0 Å². The fourth-order valence-electron chi connectivity index (χ4n) is 2.81. The lowest BCUT2D eigenvalue weighted by atomic mass is 9.94. The minimum atomic E-state index is 0.367. The van der Waals surface area contributed by atoms with Gasteiger partial charge in [-0.1, -0.05) is 26.7 Å². The average Bonchev–Trinajstić information content (AvgIpc) is 2.67. The second kappa shape index (κ2) is 5.72. The normalized spacial score (nSPS) is 20.6. The van der Waals surface area contributed by atoms with E-state index in [1.165, 1.54) is 51.6 Å². The third-order valence-electron chi connectivity index (χ3n) is 3.57. The molecule has 0 aromatic rings. The number of rotatable bonds is 6. The molecule has 0 aromatic heterocycles. The van der Waals surface area contributed by atoms with E-state index in [4.69, 9.17) is 5.73 Å². The smallest absolute Gasteiger partial charge is 0.0331 e. The Morgan fingerprint density at radius 3 is 1.93 bits per heavy atom. The van der Waals surface area contributed by atoms with E-state index in [1.807, 2.05) is 0 Å². The van der Waals surface area contributed by atoms with Gasteiger partial charge in [0, 0.05) is 12.1 Å². The zero-order valence-corrected chi connectivity index (χ0v) is 9.89. The Morgan fingerprint density at radius 1 is 1.07 bits per heavy atom. The molecular formula is C12H26N2. The van der Waals surface area contributed by atoms with Crippen LogP contribution in [-0.2, 0) is 0 Å². The summed E-state index contributed by atoms with van der Waals surface area (Å²) in [6.07, 6.45) is 7.90. The lowest BCUT2D eigenvalue weighted by molar-refractivity contribution is 0.0988. The van der Waals surface area contributed by atoms with Crippen molar-refractivity contribution in [2.75, 3.05) is 19.6 Å². The van der Waals surface area contributed by atoms with Crippen LogP contribution < -0.4 is 5.73 Å². The summed E-state index contributed by atoms with van der Waals surface area (Å²) in [5, 5.41) is 0. The first kappa shape index (κ1) is 12.0. The molecule has 2 nitrogen and oxygen atoms in total. The van der Waals surface area contributed by atoms with E-state index in [9.17, 15) is 0 Å². The molecule has 0 saturated heterocycles. The van der Waals surface area contributed by atoms with Gasteiger partial charge in [-0.05, 0) is 38.8 Å². The second-order valence-electron chi connectivity index (χ2n) is 4.62. The maximum atomic E-state index is 5.99. The molecule has 0 atom stereocenters. The van der Waals surface area contributed by atoms with E-state index >= 15 is 0 Å². The van der Waals surface area contributed by atoms with Crippen molar-refractivity contribution >= 4 is 0 Å². The first-order valence-electron chi connectivity index (χ1n) is 6.24. The molecule has 0 radical (unpaired) electrons. The average molecular weight is 198 g/mol. The van der Waals surface area contributed by atoms with Crippen LogP contribution in [0.5, 0.6) is 0 Å². The van der Waals surface area contributed by atoms with Gasteiger partial charge in [-0.15, -0.1) is 0 Å². The molecule has 14 heavy (non-hydrogen) atoms. The van der Waals surface area contributed by atoms with E-state index < -0.39 is 0 Å². The minimum Gasteiger partial charge on any atom is -0.329 e. The van der Waals surface area contributed by atoms with Gasteiger partial charge < -0.3 is 5.73 Å². The van der Waals surface area contributed by atoms with Crippen LogP contribution in [-0.4, -0.2) is 30.1 Å². The molecule has 2 N–H and O–H groups in total. The fraction of sp³-hybridized carbons (Fsp3) is 1.00. The molecule has 2 heteroatoms. The Labute approximate surface area is 88.8 Å². The largest absolute Gasteiger partial charge is 0.329 e. The van der Waals surface area contributed by atoms with Crippen molar-refractivity contribution in [1.29, 1.82) is 0 Å². The van der Waals surface area contributed by atoms with E-state index in [-0.39, 0.29) is 0 Å². The van der Waals surface area contributed by atoms with Gasteiger partial charge in [0.05, 0.1) is 0 Å². The van der Waals surface area contributed by atoms with Crippen LogP contribution in [0.2, 0.25) is 0 Å². The van der Waals surface area contributed by atoms with Crippen LogP contribution in [0.3, 0.4) is 0 Å². The summed E-state index contributed by atoms with van der Waals surface area (Å²) in [5.41, 5.74) is 6.36. The van der Waals surface area contributed by atoms with Gasteiger partial charge in [-0.25, -0.2) is 0 Å². The van der Waals surface area contributed by atoms with Gasteiger partial charge in [0.15, 0.2) is 0 Å². The summed E-state index contributed by atoms with van der Waals surface area (Å²) in [6, 6.07) is 0.